The molecule has 3 aromatic rings. The van der Waals surface area contributed by atoms with E-state index in [1.807, 2.05) is 42.5 Å². The van der Waals surface area contributed by atoms with Gasteiger partial charge in [0.05, 0.1) is 79.3 Å². The van der Waals surface area contributed by atoms with Gasteiger partial charge in [-0.15, -0.1) is 0 Å². The molecule has 0 aromatic heterocycles. The number of ether oxygens (including phenoxy) is 12. The monoisotopic (exact) mass is 1620 g/mol. The van der Waals surface area contributed by atoms with E-state index in [4.69, 9.17) is 47.4 Å². The van der Waals surface area contributed by atoms with Gasteiger partial charge in [0.25, 0.3) is 0 Å². The zero-order valence-electron chi connectivity index (χ0n) is 82.7. The fourth-order valence-electron chi connectivity index (χ4n) is 8.46. The van der Waals surface area contributed by atoms with Crippen LogP contribution in [0.3, 0.4) is 0 Å². The lowest BCUT2D eigenvalue weighted by Gasteiger charge is -2.11. The van der Waals surface area contributed by atoms with E-state index in [1.54, 1.807) is 42.7 Å². The van der Waals surface area contributed by atoms with Crippen LogP contribution < -0.4 is 18.9 Å². The zero-order valence-corrected chi connectivity index (χ0v) is 82.7. The highest BCUT2D eigenvalue weighted by atomic mass is 16.5. The van der Waals surface area contributed by atoms with Crippen molar-refractivity contribution in [1.29, 1.82) is 0 Å². The number of benzene rings is 3. The summed E-state index contributed by atoms with van der Waals surface area (Å²) in [4.78, 5) is 0. The summed E-state index contributed by atoms with van der Waals surface area (Å²) < 4.78 is 62.0. The average molecular weight is 1620 g/mol. The van der Waals surface area contributed by atoms with Gasteiger partial charge in [0.2, 0.25) is 0 Å². The van der Waals surface area contributed by atoms with E-state index in [9.17, 15) is 0 Å². The molecule has 12 nitrogen and oxygen atoms in total. The third-order valence-electron chi connectivity index (χ3n) is 17.1. The number of hydrogen-bond acceptors (Lipinski definition) is 12. The average Bonchev–Trinajstić information content (AvgIpc) is 0.883. The molecule has 0 spiro atoms. The smallest absolute Gasteiger partial charge is 0.123 e. The van der Waals surface area contributed by atoms with E-state index in [0.717, 1.165) is 91.9 Å². The van der Waals surface area contributed by atoms with Gasteiger partial charge in [-0.25, -0.2) is 0 Å². The summed E-state index contributed by atoms with van der Waals surface area (Å²) >= 11 is 0. The molecule has 1 atom stereocenters. The van der Waals surface area contributed by atoms with E-state index in [0.29, 0.717) is 71.5 Å². The van der Waals surface area contributed by atoms with Crippen LogP contribution in [0, 0.1) is 55.8 Å². The second kappa shape index (κ2) is 112. The molecule has 12 heteroatoms. The molecule has 0 radical (unpaired) electrons. The Morgan fingerprint density at radius 3 is 0.719 bits per heavy atom. The molecule has 114 heavy (non-hydrogen) atoms. The van der Waals surface area contributed by atoms with E-state index in [2.05, 4.69) is 214 Å². The second-order valence-corrected chi connectivity index (χ2v) is 33.2. The Morgan fingerprint density at radius 1 is 0.246 bits per heavy atom. The fourth-order valence-corrected chi connectivity index (χ4v) is 8.46. The van der Waals surface area contributed by atoms with Gasteiger partial charge in [0, 0.05) is 55.3 Å². The summed E-state index contributed by atoms with van der Waals surface area (Å²) in [5, 5.41) is 0. The molecular formula is C102H204O12. The molecule has 0 aliphatic heterocycles. The molecule has 0 amide bonds. The maximum absolute atomic E-state index is 5.93. The summed E-state index contributed by atoms with van der Waals surface area (Å²) in [5.74, 6) is 8.28. The topological polar surface area (TPSA) is 111 Å². The van der Waals surface area contributed by atoms with Crippen molar-refractivity contribution in [3.05, 3.63) is 83.4 Å². The van der Waals surface area contributed by atoms with E-state index in [1.165, 1.54) is 209 Å². The number of rotatable bonds is 55. The Hall–Kier alpha value is -3.46. The summed E-state index contributed by atoms with van der Waals surface area (Å²) in [6.45, 7) is 67.2. The molecule has 684 valence electrons. The van der Waals surface area contributed by atoms with Crippen molar-refractivity contribution >= 4 is 0 Å². The van der Waals surface area contributed by atoms with E-state index in [-0.39, 0.29) is 0 Å². The minimum atomic E-state index is 0.500. The van der Waals surface area contributed by atoms with Gasteiger partial charge in [0.15, 0.2) is 0 Å². The first-order chi connectivity index (χ1) is 54.5. The maximum Gasteiger partial charge on any atom is 0.123 e. The SMILES string of the molecule is CC(C)(C)C.CC(C)C.CCC(C)C.CCC(C)C.CCC(C)CC.CCCCC(C)CC.CCCCCCCCOC.CCCCCCCCOc1cc(C)cc(OCCCCCCCC)c1.CCCCCCCCOc1ccc(C)cc1.COCCOC.COCCOCCOC.COCCOCCOc1ccc(C)cc1. The Balaban J connectivity index is -0.000000158. The quantitative estimate of drug-likeness (QED) is 0.0502. The van der Waals surface area contributed by atoms with Crippen LogP contribution in [0.25, 0.3) is 0 Å². The fraction of sp³-hybridized carbons (Fsp3) is 0.824. The van der Waals surface area contributed by atoms with E-state index < -0.39 is 0 Å². The van der Waals surface area contributed by atoms with Crippen molar-refractivity contribution in [2.24, 2.45) is 35.0 Å². The Labute approximate surface area is 715 Å². The molecule has 0 aliphatic carbocycles. The molecule has 1 unspecified atom stereocenters. The first-order valence-electron chi connectivity index (χ1n) is 46.4. The van der Waals surface area contributed by atoms with Gasteiger partial charge < -0.3 is 56.8 Å². The van der Waals surface area contributed by atoms with E-state index >= 15 is 0 Å². The molecule has 3 rings (SSSR count). The third-order valence-corrected chi connectivity index (χ3v) is 17.1. The Kier molecular flexibility index (Phi) is 126. The molecule has 3 aromatic carbocycles. The lowest BCUT2D eigenvalue weighted by atomic mass is 10.0. The maximum atomic E-state index is 5.93. The first kappa shape index (κ1) is 129. The van der Waals surface area contributed by atoms with Crippen molar-refractivity contribution in [2.45, 2.75) is 385 Å². The highest BCUT2D eigenvalue weighted by Gasteiger charge is 2.04. The molecule has 0 saturated carbocycles. The Bertz CT molecular complexity index is 2000. The molecular weight excluding hydrogens is 1420 g/mol. The summed E-state index contributed by atoms with van der Waals surface area (Å²) in [6.07, 6.45) is 42.3. The molecule has 0 saturated heterocycles. The van der Waals surface area contributed by atoms with Gasteiger partial charge in [-0.2, -0.15) is 0 Å². The van der Waals surface area contributed by atoms with Crippen molar-refractivity contribution < 1.29 is 56.8 Å². The van der Waals surface area contributed by atoms with Crippen LogP contribution in [0.2, 0.25) is 0 Å². The summed E-state index contributed by atoms with van der Waals surface area (Å²) in [6, 6.07) is 22.5. The standard InChI is InChI=1S/C23H40O2.C15H24O.C12H18O3.C9H20O.C8H18.C6H14O3.C6H14.3C5H12.C4H10O2.C4H10/c1-4-6-8-10-12-14-16-24-22-18-21(3)19-23(20-22)25-17-15-13-11-9-7-5-2;1-3-4-5-6-7-8-13-16-15-11-9-14(2)10-12-15;1-11-3-5-12(6-4-11)15-10-9-14-8-7-13-2;1-3-4-5-6-7-8-9-10-2;1-4-6-7-8(3)5-2;1-7-3-5-9-6-4-8-2;1-4-6(3)5-2;1-5(2,3)4;2*1-4-5(2)3;1-5-3-4-6-2;1-4(2)3/h18-20H,4-17H2,1-3H3;9-12H,3-8,13H2,1-2H3;3-6H,7-10H2,1-2H3;3-9H2,1-2H3;8H,4-7H2,1-3H3;3-6H2,1-2H3;6H,4-5H2,1-3H3;1-4H3;2*5H,4H2,1-3H3;3-4H2,1-2H3;4H,1-3H3. The summed E-state index contributed by atoms with van der Waals surface area (Å²) in [7, 11) is 10.0. The number of aryl methyl sites for hydroxylation is 3. The van der Waals surface area contributed by atoms with Gasteiger partial charge >= 0.3 is 0 Å². The largest absolute Gasteiger partial charge is 0.494 e. The van der Waals surface area contributed by atoms with Crippen LogP contribution in [0.5, 0.6) is 23.0 Å². The first-order valence-corrected chi connectivity index (χ1v) is 46.4. The van der Waals surface area contributed by atoms with Crippen LogP contribution in [0.1, 0.15) is 381 Å². The van der Waals surface area contributed by atoms with Crippen LogP contribution in [0.4, 0.5) is 0 Å². The van der Waals surface area contributed by atoms with Crippen LogP contribution in [-0.4, -0.2) is 135 Å². The van der Waals surface area contributed by atoms with Gasteiger partial charge in [0.1, 0.15) is 29.6 Å². The number of hydrogen-bond donors (Lipinski definition) is 0. The predicted molar refractivity (Wildman–Crippen MR) is 507 cm³/mol. The molecule has 0 N–H and O–H groups in total. The lowest BCUT2D eigenvalue weighted by molar-refractivity contribution is 0.0385. The minimum absolute atomic E-state index is 0.500. The molecule has 0 aliphatic rings. The molecule has 0 bridgehead atoms. The second-order valence-electron chi connectivity index (χ2n) is 33.2. The molecule has 0 heterocycles. The normalized spacial score (nSPS) is 10.5. The van der Waals surface area contributed by atoms with Crippen molar-refractivity contribution in [3.8, 4) is 23.0 Å². The van der Waals surface area contributed by atoms with Crippen LogP contribution in [0.15, 0.2) is 66.7 Å². The lowest BCUT2D eigenvalue weighted by Crippen LogP contribution is -2.09. The van der Waals surface area contributed by atoms with Crippen LogP contribution >= 0.6 is 0 Å². The van der Waals surface area contributed by atoms with Crippen molar-refractivity contribution in [1.82, 2.24) is 0 Å². The van der Waals surface area contributed by atoms with Crippen LogP contribution in [-0.2, 0) is 37.9 Å². The third kappa shape index (κ3) is 143. The molecule has 0 fully saturated rings. The predicted octanol–water partition coefficient (Wildman–Crippen LogP) is 31.3. The zero-order chi connectivity index (χ0) is 88.2. The van der Waals surface area contributed by atoms with Crippen molar-refractivity contribution in [2.75, 3.05) is 135 Å². The highest BCUT2D eigenvalue weighted by Crippen LogP contribution is 2.24. The van der Waals surface area contributed by atoms with Crippen molar-refractivity contribution in [3.63, 3.8) is 0 Å². The highest BCUT2D eigenvalue weighted by molar-refractivity contribution is 5.38. The minimum Gasteiger partial charge on any atom is -0.494 e. The Morgan fingerprint density at radius 2 is 0.474 bits per heavy atom. The number of unbranched alkanes of at least 4 members (excludes halogenated alkanes) is 21. The van der Waals surface area contributed by atoms with Gasteiger partial charge in [-0.1, -0.05) is 374 Å². The summed E-state index contributed by atoms with van der Waals surface area (Å²) in [5.41, 5.74) is 4.23. The van der Waals surface area contributed by atoms with Gasteiger partial charge in [-0.05, 0) is 123 Å². The van der Waals surface area contributed by atoms with Gasteiger partial charge in [-0.3, -0.25) is 0 Å². The number of methoxy groups -OCH3 is 6.